The summed E-state index contributed by atoms with van der Waals surface area (Å²) in [6.45, 7) is 6.39. The Bertz CT molecular complexity index is 491. The summed E-state index contributed by atoms with van der Waals surface area (Å²) in [4.78, 5) is 17.2. The number of hydrogen-bond acceptors (Lipinski definition) is 5. The Balaban J connectivity index is 1.89. The zero-order valence-electron chi connectivity index (χ0n) is 12.3. The topological polar surface area (TPSA) is 68.5 Å². The Kier molecular flexibility index (Phi) is 4.43. The summed E-state index contributed by atoms with van der Waals surface area (Å²) in [5, 5.41) is 3.59. The summed E-state index contributed by atoms with van der Waals surface area (Å²) in [7, 11) is 0. The van der Waals surface area contributed by atoms with Gasteiger partial charge in [0.15, 0.2) is 5.82 Å². The van der Waals surface area contributed by atoms with Gasteiger partial charge in [0.2, 0.25) is 0 Å². The molecular weight excluding hydrogens is 284 g/mol. The van der Waals surface area contributed by atoms with Crippen molar-refractivity contribution in [1.82, 2.24) is 15.0 Å². The largest absolute Gasteiger partial charge is 0.444 e. The number of hydrogen-bond donors (Lipinski definition) is 0. The van der Waals surface area contributed by atoms with Crippen molar-refractivity contribution in [1.29, 1.82) is 0 Å². The van der Waals surface area contributed by atoms with Crippen LogP contribution in [0.3, 0.4) is 0 Å². The predicted molar refractivity (Wildman–Crippen MR) is 69.0 cm³/mol. The van der Waals surface area contributed by atoms with Crippen molar-refractivity contribution in [2.75, 3.05) is 13.1 Å². The molecule has 0 atom stereocenters. The molecule has 0 saturated carbocycles. The molecule has 1 fully saturated rings. The van der Waals surface area contributed by atoms with E-state index in [1.165, 1.54) is 0 Å². The minimum Gasteiger partial charge on any atom is -0.444 e. The maximum Gasteiger partial charge on any atom is 0.410 e. The van der Waals surface area contributed by atoms with E-state index in [9.17, 15) is 13.6 Å². The van der Waals surface area contributed by atoms with E-state index < -0.39 is 17.9 Å². The highest BCUT2D eigenvalue weighted by molar-refractivity contribution is 5.68. The summed E-state index contributed by atoms with van der Waals surface area (Å²) in [6.07, 6.45) is -1.92. The van der Waals surface area contributed by atoms with Gasteiger partial charge in [0, 0.05) is 19.0 Å². The first-order chi connectivity index (χ1) is 9.76. The molecule has 0 unspecified atom stereocenters. The summed E-state index contributed by atoms with van der Waals surface area (Å²) in [5.41, 5.74) is -0.534. The fraction of sp³-hybridized carbons (Fsp3) is 0.769. The molecule has 0 radical (unpaired) electrons. The monoisotopic (exact) mass is 303 g/mol. The number of likely N-dealkylation sites (tertiary alicyclic amines) is 1. The first-order valence-corrected chi connectivity index (χ1v) is 6.86. The maximum absolute atomic E-state index is 12.4. The zero-order valence-corrected chi connectivity index (χ0v) is 12.3. The van der Waals surface area contributed by atoms with Crippen LogP contribution in [0.25, 0.3) is 0 Å². The fourth-order valence-corrected chi connectivity index (χ4v) is 2.15. The lowest BCUT2D eigenvalue weighted by Gasteiger charge is -2.32. The molecule has 1 aliphatic rings. The first-order valence-electron chi connectivity index (χ1n) is 6.86. The standard InChI is InChI=1S/C13H19F2N3O3/c1-13(2,3)20-12(19)18-6-4-8(5-7-18)10-16-11(9(14)15)21-17-10/h8-9H,4-7H2,1-3H3. The Hall–Kier alpha value is -1.73. The van der Waals surface area contributed by atoms with Crippen LogP contribution in [0.2, 0.25) is 0 Å². The molecule has 2 heterocycles. The van der Waals surface area contributed by atoms with Crippen molar-refractivity contribution in [2.45, 2.75) is 51.6 Å². The average molecular weight is 303 g/mol. The molecule has 0 bridgehead atoms. The van der Waals surface area contributed by atoms with Gasteiger partial charge in [0.05, 0.1) is 0 Å². The summed E-state index contributed by atoms with van der Waals surface area (Å²) in [6, 6.07) is 0. The highest BCUT2D eigenvalue weighted by Crippen LogP contribution is 2.28. The number of aromatic nitrogens is 2. The van der Waals surface area contributed by atoms with Crippen LogP contribution in [0, 0.1) is 0 Å². The van der Waals surface area contributed by atoms with Crippen molar-refractivity contribution < 1.29 is 22.8 Å². The second-order valence-electron chi connectivity index (χ2n) is 6.03. The number of halogens is 2. The molecule has 1 aliphatic heterocycles. The van der Waals surface area contributed by atoms with E-state index in [-0.39, 0.29) is 17.8 Å². The number of amides is 1. The van der Waals surface area contributed by atoms with Gasteiger partial charge in [0.1, 0.15) is 5.60 Å². The summed E-state index contributed by atoms with van der Waals surface area (Å²) in [5.74, 6) is -0.436. The van der Waals surface area contributed by atoms with Crippen molar-refractivity contribution in [3.8, 4) is 0 Å². The lowest BCUT2D eigenvalue weighted by molar-refractivity contribution is 0.0202. The van der Waals surface area contributed by atoms with Gasteiger partial charge in [-0.3, -0.25) is 0 Å². The Morgan fingerprint density at radius 2 is 2.00 bits per heavy atom. The van der Waals surface area contributed by atoms with Crippen LogP contribution in [0.1, 0.15) is 57.7 Å². The van der Waals surface area contributed by atoms with Crippen molar-refractivity contribution in [3.63, 3.8) is 0 Å². The SMILES string of the molecule is CC(C)(C)OC(=O)N1CCC(c2noc(C(F)F)n2)CC1. The van der Waals surface area contributed by atoms with Crippen LogP contribution in [-0.2, 0) is 4.74 Å². The third-order valence-corrected chi connectivity index (χ3v) is 3.16. The van der Waals surface area contributed by atoms with Gasteiger partial charge < -0.3 is 14.2 Å². The smallest absolute Gasteiger partial charge is 0.410 e. The minimum atomic E-state index is -2.76. The Morgan fingerprint density at radius 3 is 2.48 bits per heavy atom. The lowest BCUT2D eigenvalue weighted by atomic mass is 9.96. The molecule has 0 aromatic carbocycles. The van der Waals surface area contributed by atoms with Crippen LogP contribution in [0.4, 0.5) is 13.6 Å². The Morgan fingerprint density at radius 1 is 1.38 bits per heavy atom. The number of carbonyl (C=O) groups excluding carboxylic acids is 1. The molecule has 1 amide bonds. The molecule has 1 saturated heterocycles. The van der Waals surface area contributed by atoms with E-state index in [2.05, 4.69) is 14.7 Å². The number of ether oxygens (including phenoxy) is 1. The Labute approximate surface area is 121 Å². The third kappa shape index (κ3) is 4.12. The second-order valence-corrected chi connectivity index (χ2v) is 6.03. The number of piperidine rings is 1. The van der Waals surface area contributed by atoms with Gasteiger partial charge in [-0.1, -0.05) is 5.16 Å². The molecular formula is C13H19F2N3O3. The van der Waals surface area contributed by atoms with Crippen LogP contribution in [0.5, 0.6) is 0 Å². The molecule has 21 heavy (non-hydrogen) atoms. The van der Waals surface area contributed by atoms with Crippen molar-refractivity contribution >= 4 is 6.09 Å². The van der Waals surface area contributed by atoms with Gasteiger partial charge in [-0.15, -0.1) is 0 Å². The lowest BCUT2D eigenvalue weighted by Crippen LogP contribution is -2.41. The van der Waals surface area contributed by atoms with Crippen molar-refractivity contribution in [2.24, 2.45) is 0 Å². The summed E-state index contributed by atoms with van der Waals surface area (Å²) < 4.78 is 34.6. The quantitative estimate of drug-likeness (QED) is 0.839. The van der Waals surface area contributed by atoms with Gasteiger partial charge in [0.25, 0.3) is 5.89 Å². The van der Waals surface area contributed by atoms with E-state index in [1.54, 1.807) is 4.90 Å². The van der Waals surface area contributed by atoms with Gasteiger partial charge >= 0.3 is 12.5 Å². The summed E-state index contributed by atoms with van der Waals surface area (Å²) >= 11 is 0. The van der Waals surface area contributed by atoms with E-state index in [0.29, 0.717) is 25.9 Å². The maximum atomic E-state index is 12.4. The second kappa shape index (κ2) is 5.95. The number of alkyl halides is 2. The van der Waals surface area contributed by atoms with E-state index in [1.807, 2.05) is 20.8 Å². The van der Waals surface area contributed by atoms with Crippen LogP contribution >= 0.6 is 0 Å². The zero-order chi connectivity index (χ0) is 15.6. The first kappa shape index (κ1) is 15.7. The van der Waals surface area contributed by atoms with E-state index in [4.69, 9.17) is 4.74 Å². The normalized spacial score (nSPS) is 17.3. The molecule has 0 aliphatic carbocycles. The molecule has 0 spiro atoms. The van der Waals surface area contributed by atoms with Gasteiger partial charge in [-0.05, 0) is 33.6 Å². The molecule has 2 rings (SSSR count). The fourth-order valence-electron chi connectivity index (χ4n) is 2.15. The molecule has 6 nitrogen and oxygen atoms in total. The molecule has 118 valence electrons. The third-order valence-electron chi connectivity index (χ3n) is 3.16. The van der Waals surface area contributed by atoms with Gasteiger partial charge in [-0.25, -0.2) is 4.79 Å². The average Bonchev–Trinajstić information content (AvgIpc) is 2.86. The van der Waals surface area contributed by atoms with Crippen LogP contribution < -0.4 is 0 Å². The van der Waals surface area contributed by atoms with E-state index >= 15 is 0 Å². The number of rotatable bonds is 2. The van der Waals surface area contributed by atoms with Crippen molar-refractivity contribution in [3.05, 3.63) is 11.7 Å². The molecule has 8 heteroatoms. The molecule has 0 N–H and O–H groups in total. The van der Waals surface area contributed by atoms with E-state index in [0.717, 1.165) is 0 Å². The van der Waals surface area contributed by atoms with Crippen LogP contribution in [-0.4, -0.2) is 39.8 Å². The number of carbonyl (C=O) groups is 1. The number of nitrogens with zero attached hydrogens (tertiary/aromatic N) is 3. The van der Waals surface area contributed by atoms with Gasteiger partial charge in [-0.2, -0.15) is 13.8 Å². The van der Waals surface area contributed by atoms with Crippen LogP contribution in [0.15, 0.2) is 4.52 Å². The molecule has 1 aromatic rings. The highest BCUT2D eigenvalue weighted by atomic mass is 19.3. The highest BCUT2D eigenvalue weighted by Gasteiger charge is 2.30. The predicted octanol–water partition coefficient (Wildman–Crippen LogP) is 3.12. The minimum absolute atomic E-state index is 0.0695. The molecule has 1 aromatic heterocycles.